The van der Waals surface area contributed by atoms with Crippen LogP contribution in [0.4, 0.5) is 39.5 Å². The molecule has 2 amide bonds. The lowest BCUT2D eigenvalue weighted by Crippen LogP contribution is -2.44. The third kappa shape index (κ3) is 5.57. The fourth-order valence-electron chi connectivity index (χ4n) is 3.27. The second-order valence-electron chi connectivity index (χ2n) is 7.57. The highest BCUT2D eigenvalue weighted by molar-refractivity contribution is 7.16. The predicted molar refractivity (Wildman–Crippen MR) is 107 cm³/mol. The van der Waals surface area contributed by atoms with Crippen LogP contribution in [0, 0.1) is 24.4 Å². The van der Waals surface area contributed by atoms with Gasteiger partial charge in [0.15, 0.2) is 0 Å². The smallest absolute Gasteiger partial charge is 0.374 e. The van der Waals surface area contributed by atoms with Gasteiger partial charge in [-0.3, -0.25) is 9.59 Å². The molecule has 2 N–H and O–H groups in total. The van der Waals surface area contributed by atoms with Crippen LogP contribution in [0.5, 0.6) is 0 Å². The van der Waals surface area contributed by atoms with E-state index in [9.17, 15) is 49.1 Å². The van der Waals surface area contributed by atoms with Crippen molar-refractivity contribution < 1.29 is 53.9 Å². The second kappa shape index (κ2) is 9.63. The maximum atomic E-state index is 14.3. The first-order valence-corrected chi connectivity index (χ1v) is 10.5. The van der Waals surface area contributed by atoms with Gasteiger partial charge in [-0.25, -0.2) is 13.2 Å². The molecule has 6 nitrogen and oxygen atoms in total. The molecule has 2 heterocycles. The van der Waals surface area contributed by atoms with Crippen LogP contribution in [0.15, 0.2) is 23.4 Å². The van der Waals surface area contributed by atoms with Crippen molar-refractivity contribution in [3.63, 3.8) is 0 Å². The van der Waals surface area contributed by atoms with Gasteiger partial charge in [-0.05, 0) is 18.6 Å². The fourth-order valence-corrected chi connectivity index (χ4v) is 4.34. The zero-order chi connectivity index (χ0) is 27.1. The number of oxime groups is 1. The van der Waals surface area contributed by atoms with Gasteiger partial charge in [0.2, 0.25) is 5.91 Å². The number of rotatable bonds is 6. The van der Waals surface area contributed by atoms with Gasteiger partial charge < -0.3 is 15.5 Å². The predicted octanol–water partition coefficient (Wildman–Crippen LogP) is 4.46. The minimum absolute atomic E-state index is 0.0479. The molecule has 2 aromatic rings. The highest BCUT2D eigenvalue weighted by Gasteiger charge is 2.64. The largest absolute Gasteiger partial charge is 0.436 e. The van der Waals surface area contributed by atoms with Gasteiger partial charge in [-0.1, -0.05) is 5.16 Å². The maximum absolute atomic E-state index is 14.3. The number of carbonyl (C=O) groups excluding carboxylic acids is 2. The Morgan fingerprint density at radius 1 is 1.06 bits per heavy atom. The molecule has 0 fully saturated rings. The number of nitrogens with one attached hydrogen (secondary N) is 2. The summed E-state index contributed by atoms with van der Waals surface area (Å²) in [5.41, 5.74) is -5.42. The molecular formula is C20H14F9N3O3S. The normalized spacial score (nSPS) is 18.0. The topological polar surface area (TPSA) is 79.8 Å². The molecule has 1 atom stereocenters. The van der Waals surface area contributed by atoms with Crippen LogP contribution in [0.25, 0.3) is 0 Å². The number of hydrogen-bond donors (Lipinski definition) is 2. The summed E-state index contributed by atoms with van der Waals surface area (Å²) in [6.45, 7) is -1.04. The van der Waals surface area contributed by atoms with Crippen molar-refractivity contribution in [2.75, 3.05) is 13.1 Å². The number of benzene rings is 1. The van der Waals surface area contributed by atoms with E-state index < -0.39 is 78.0 Å². The first-order valence-electron chi connectivity index (χ1n) is 9.73. The van der Waals surface area contributed by atoms with Crippen molar-refractivity contribution >= 4 is 28.9 Å². The van der Waals surface area contributed by atoms with E-state index in [2.05, 4.69) is 15.3 Å². The second-order valence-corrected chi connectivity index (χ2v) is 8.62. The molecule has 0 spiro atoms. The molecule has 1 aliphatic heterocycles. The fraction of sp³-hybridized carbons (Fsp3) is 0.350. The summed E-state index contributed by atoms with van der Waals surface area (Å²) in [5, 5.41) is 6.94. The van der Waals surface area contributed by atoms with Crippen LogP contribution in [0.2, 0.25) is 0 Å². The van der Waals surface area contributed by atoms with Crippen LogP contribution < -0.4 is 10.6 Å². The van der Waals surface area contributed by atoms with E-state index in [4.69, 9.17) is 0 Å². The van der Waals surface area contributed by atoms with Crippen molar-refractivity contribution in [2.45, 2.75) is 31.3 Å². The number of carbonyl (C=O) groups is 2. The average Bonchev–Trinajstić information content (AvgIpc) is 3.34. The first-order chi connectivity index (χ1) is 16.5. The lowest BCUT2D eigenvalue weighted by molar-refractivity contribution is -0.277. The molecule has 0 saturated heterocycles. The minimum atomic E-state index is -5.39. The first kappa shape index (κ1) is 27.3. The van der Waals surface area contributed by atoms with Crippen LogP contribution in [0.3, 0.4) is 0 Å². The standard InChI is InChI=1S/C20H14F9N3O3S/c1-8-2-13(36-16(8)17(34)30-6-14(33)31-7-19(24,25)26)12-5-18(35-32-12,20(27,28)29)15-10(22)3-9(21)4-11(15)23/h2-4H,5-7H2,1H3,(H,30,34)(H,31,33). The lowest BCUT2D eigenvalue weighted by atomic mass is 9.87. The van der Waals surface area contributed by atoms with E-state index in [0.29, 0.717) is 11.3 Å². The Balaban J connectivity index is 1.80. The summed E-state index contributed by atoms with van der Waals surface area (Å²) in [6, 6.07) is 1.36. The Hall–Kier alpha value is -3.30. The molecule has 1 aliphatic rings. The summed E-state index contributed by atoms with van der Waals surface area (Å²) in [6.07, 6.45) is -11.3. The van der Waals surface area contributed by atoms with Crippen molar-refractivity contribution in [3.05, 3.63) is 56.5 Å². The van der Waals surface area contributed by atoms with E-state index in [-0.39, 0.29) is 27.5 Å². The SMILES string of the molecule is Cc1cc(C2=NOC(c3c(F)cc(F)cc3F)(C(F)(F)F)C2)sc1C(=O)NCC(=O)NCC(F)(F)F. The molecule has 0 aliphatic carbocycles. The molecule has 3 rings (SSSR count). The number of halogens is 9. The van der Waals surface area contributed by atoms with Crippen LogP contribution in [-0.2, 0) is 15.2 Å². The number of hydrogen-bond acceptors (Lipinski definition) is 5. The Kier molecular flexibility index (Phi) is 7.30. The van der Waals surface area contributed by atoms with Gasteiger partial charge in [0, 0.05) is 12.1 Å². The highest BCUT2D eigenvalue weighted by atomic mass is 32.1. The third-order valence-corrected chi connectivity index (χ3v) is 6.19. The van der Waals surface area contributed by atoms with Gasteiger partial charge in [0.05, 0.1) is 28.3 Å². The molecular weight excluding hydrogens is 533 g/mol. The lowest BCUT2D eigenvalue weighted by Gasteiger charge is -2.29. The highest BCUT2D eigenvalue weighted by Crippen LogP contribution is 2.50. The molecule has 1 unspecified atom stereocenters. The number of alkyl halides is 6. The Morgan fingerprint density at radius 2 is 1.67 bits per heavy atom. The number of thiophene rings is 1. The van der Waals surface area contributed by atoms with Gasteiger partial charge >= 0.3 is 12.4 Å². The molecule has 1 aromatic carbocycles. The molecule has 36 heavy (non-hydrogen) atoms. The van der Waals surface area contributed by atoms with Crippen LogP contribution in [0.1, 0.15) is 32.1 Å². The quantitative estimate of drug-likeness (QED) is 0.525. The zero-order valence-electron chi connectivity index (χ0n) is 17.8. The summed E-state index contributed by atoms with van der Waals surface area (Å²) >= 11 is 0.602. The van der Waals surface area contributed by atoms with Crippen LogP contribution >= 0.6 is 11.3 Å². The third-order valence-electron chi connectivity index (χ3n) is 4.90. The van der Waals surface area contributed by atoms with Crippen molar-refractivity contribution in [3.8, 4) is 0 Å². The number of aryl methyl sites for hydroxylation is 1. The van der Waals surface area contributed by atoms with Gasteiger partial charge in [-0.15, -0.1) is 11.3 Å². The van der Waals surface area contributed by atoms with Crippen LogP contribution in [-0.4, -0.2) is 43.0 Å². The summed E-state index contributed by atoms with van der Waals surface area (Å²) in [7, 11) is 0. The van der Waals surface area contributed by atoms with E-state index in [1.165, 1.54) is 13.0 Å². The Bertz CT molecular complexity index is 1200. The summed E-state index contributed by atoms with van der Waals surface area (Å²) in [5.74, 6) is -7.17. The van der Waals surface area contributed by atoms with Crippen molar-refractivity contribution in [1.29, 1.82) is 0 Å². The monoisotopic (exact) mass is 547 g/mol. The molecule has 16 heteroatoms. The van der Waals surface area contributed by atoms with E-state index in [1.54, 1.807) is 5.32 Å². The van der Waals surface area contributed by atoms with Gasteiger partial charge in [0.1, 0.15) is 29.7 Å². The Labute approximate surface area is 200 Å². The molecule has 0 saturated carbocycles. The van der Waals surface area contributed by atoms with Gasteiger partial charge in [-0.2, -0.15) is 26.3 Å². The number of amides is 2. The molecule has 0 radical (unpaired) electrons. The molecule has 1 aromatic heterocycles. The Morgan fingerprint density at radius 3 is 2.22 bits per heavy atom. The van der Waals surface area contributed by atoms with E-state index >= 15 is 0 Å². The van der Waals surface area contributed by atoms with Crippen molar-refractivity contribution in [1.82, 2.24) is 10.6 Å². The average molecular weight is 547 g/mol. The zero-order valence-corrected chi connectivity index (χ0v) is 18.7. The molecule has 0 bridgehead atoms. The number of nitrogens with zero attached hydrogens (tertiary/aromatic N) is 1. The van der Waals surface area contributed by atoms with E-state index in [1.807, 2.05) is 0 Å². The van der Waals surface area contributed by atoms with Gasteiger partial charge in [0.25, 0.3) is 11.5 Å². The minimum Gasteiger partial charge on any atom is -0.374 e. The summed E-state index contributed by atoms with van der Waals surface area (Å²) < 4.78 is 120. The van der Waals surface area contributed by atoms with Crippen molar-refractivity contribution in [2.24, 2.45) is 5.16 Å². The summed E-state index contributed by atoms with van der Waals surface area (Å²) in [4.78, 5) is 28.2. The maximum Gasteiger partial charge on any atom is 0.436 e. The van der Waals surface area contributed by atoms with E-state index in [0.717, 1.165) is 0 Å². The molecule has 196 valence electrons.